The molecule has 1 aliphatic heterocycles. The molecule has 100 valence electrons. The third-order valence-electron chi connectivity index (χ3n) is 3.30. The Kier molecular flexibility index (Phi) is 4.40. The van der Waals surface area contributed by atoms with Crippen molar-refractivity contribution >= 4 is 11.6 Å². The van der Waals surface area contributed by atoms with Crippen LogP contribution in [0, 0.1) is 17.6 Å². The van der Waals surface area contributed by atoms with E-state index in [-0.39, 0.29) is 22.8 Å². The number of halogens is 3. The van der Waals surface area contributed by atoms with Crippen molar-refractivity contribution in [3.8, 4) is 5.75 Å². The van der Waals surface area contributed by atoms with E-state index in [2.05, 4.69) is 5.32 Å². The van der Waals surface area contributed by atoms with E-state index in [4.69, 9.17) is 16.3 Å². The van der Waals surface area contributed by atoms with Gasteiger partial charge < -0.3 is 10.1 Å². The van der Waals surface area contributed by atoms with Gasteiger partial charge in [0.15, 0.2) is 17.4 Å². The second-order valence-corrected chi connectivity index (χ2v) is 4.90. The molecule has 0 spiro atoms. The summed E-state index contributed by atoms with van der Waals surface area (Å²) < 4.78 is 32.8. The average Bonchev–Trinajstić information content (AvgIpc) is 2.88. The molecule has 1 saturated heterocycles. The van der Waals surface area contributed by atoms with Gasteiger partial charge >= 0.3 is 0 Å². The van der Waals surface area contributed by atoms with Crippen molar-refractivity contribution in [2.75, 3.05) is 13.1 Å². The minimum atomic E-state index is -0.818. The van der Waals surface area contributed by atoms with E-state index >= 15 is 0 Å². The summed E-state index contributed by atoms with van der Waals surface area (Å²) in [7, 11) is 0. The van der Waals surface area contributed by atoms with Gasteiger partial charge in [-0.05, 0) is 31.5 Å². The molecule has 1 fully saturated rings. The topological polar surface area (TPSA) is 21.3 Å². The van der Waals surface area contributed by atoms with E-state index in [0.717, 1.165) is 25.6 Å². The van der Waals surface area contributed by atoms with Crippen molar-refractivity contribution in [3.05, 3.63) is 28.8 Å². The molecule has 0 amide bonds. The van der Waals surface area contributed by atoms with Crippen LogP contribution in [0.1, 0.15) is 19.8 Å². The zero-order valence-electron chi connectivity index (χ0n) is 10.2. The highest BCUT2D eigenvalue weighted by Gasteiger charge is 2.27. The molecular formula is C13H16ClF2NO. The highest BCUT2D eigenvalue weighted by Crippen LogP contribution is 2.31. The molecule has 1 aromatic rings. The van der Waals surface area contributed by atoms with E-state index in [1.165, 1.54) is 6.07 Å². The number of rotatable bonds is 4. The molecular weight excluding hydrogens is 260 g/mol. The van der Waals surface area contributed by atoms with E-state index in [9.17, 15) is 8.78 Å². The Morgan fingerprint density at radius 2 is 2.28 bits per heavy atom. The molecule has 2 atom stereocenters. The van der Waals surface area contributed by atoms with E-state index < -0.39 is 11.6 Å². The number of ether oxygens (including phenoxy) is 1. The fraction of sp³-hybridized carbons (Fsp3) is 0.538. The van der Waals surface area contributed by atoms with Gasteiger partial charge in [-0.2, -0.15) is 0 Å². The molecule has 5 heteroatoms. The predicted molar refractivity (Wildman–Crippen MR) is 67.1 cm³/mol. The van der Waals surface area contributed by atoms with E-state index in [1.807, 2.05) is 6.92 Å². The van der Waals surface area contributed by atoms with Gasteiger partial charge in [0, 0.05) is 12.5 Å². The van der Waals surface area contributed by atoms with Crippen molar-refractivity contribution in [1.82, 2.24) is 5.32 Å². The summed E-state index contributed by atoms with van der Waals surface area (Å²) in [5, 5.41) is 3.10. The van der Waals surface area contributed by atoms with Gasteiger partial charge in [0.1, 0.15) is 6.10 Å². The second-order valence-electron chi connectivity index (χ2n) is 4.49. The van der Waals surface area contributed by atoms with Crippen molar-refractivity contribution in [3.63, 3.8) is 0 Å². The van der Waals surface area contributed by atoms with Crippen molar-refractivity contribution < 1.29 is 13.5 Å². The smallest absolute Gasteiger partial charge is 0.192 e. The Labute approximate surface area is 110 Å². The fourth-order valence-corrected chi connectivity index (χ4v) is 2.42. The molecule has 18 heavy (non-hydrogen) atoms. The SMILES string of the molecule is CC[C@H](Oc1c(F)ccc(Cl)c1F)C1CCNC1. The van der Waals surface area contributed by atoms with Crippen molar-refractivity contribution in [1.29, 1.82) is 0 Å². The molecule has 0 saturated carbocycles. The average molecular weight is 276 g/mol. The normalized spacial score (nSPS) is 21.0. The van der Waals surface area contributed by atoms with E-state index in [1.54, 1.807) is 0 Å². The van der Waals surface area contributed by atoms with Gasteiger partial charge in [-0.15, -0.1) is 0 Å². The van der Waals surface area contributed by atoms with Gasteiger partial charge in [-0.1, -0.05) is 18.5 Å². The van der Waals surface area contributed by atoms with Gasteiger partial charge in [0.25, 0.3) is 0 Å². The summed E-state index contributed by atoms with van der Waals surface area (Å²) in [6.07, 6.45) is 1.47. The molecule has 0 bridgehead atoms. The predicted octanol–water partition coefficient (Wildman–Crippen LogP) is 3.39. The maximum Gasteiger partial charge on any atom is 0.192 e. The molecule has 2 rings (SSSR count). The highest BCUT2D eigenvalue weighted by molar-refractivity contribution is 6.30. The third-order valence-corrected chi connectivity index (χ3v) is 3.59. The highest BCUT2D eigenvalue weighted by atomic mass is 35.5. The quantitative estimate of drug-likeness (QED) is 0.851. The second kappa shape index (κ2) is 5.85. The van der Waals surface area contributed by atoms with Crippen LogP contribution in [0.5, 0.6) is 5.75 Å². The lowest BCUT2D eigenvalue weighted by atomic mass is 9.99. The minimum Gasteiger partial charge on any atom is -0.484 e. The van der Waals surface area contributed by atoms with Crippen LogP contribution in [0.4, 0.5) is 8.78 Å². The zero-order valence-corrected chi connectivity index (χ0v) is 10.9. The van der Waals surface area contributed by atoms with Crippen molar-refractivity contribution in [2.24, 2.45) is 5.92 Å². The lowest BCUT2D eigenvalue weighted by molar-refractivity contribution is 0.126. The van der Waals surface area contributed by atoms with Crippen LogP contribution in [-0.2, 0) is 0 Å². The Balaban J connectivity index is 2.18. The molecule has 1 unspecified atom stereocenters. The van der Waals surface area contributed by atoms with Crippen LogP contribution < -0.4 is 10.1 Å². The lowest BCUT2D eigenvalue weighted by Gasteiger charge is -2.23. The summed E-state index contributed by atoms with van der Waals surface area (Å²) in [4.78, 5) is 0. The Bertz CT molecular complexity index is 422. The van der Waals surface area contributed by atoms with Gasteiger partial charge in [-0.3, -0.25) is 0 Å². The van der Waals surface area contributed by atoms with Crippen LogP contribution in [0.25, 0.3) is 0 Å². The molecule has 1 heterocycles. The summed E-state index contributed by atoms with van der Waals surface area (Å²) in [5.41, 5.74) is 0. The van der Waals surface area contributed by atoms with E-state index in [0.29, 0.717) is 6.42 Å². The molecule has 0 aromatic heterocycles. The molecule has 2 nitrogen and oxygen atoms in total. The third kappa shape index (κ3) is 2.75. The van der Waals surface area contributed by atoms with Crippen molar-refractivity contribution in [2.45, 2.75) is 25.9 Å². The van der Waals surface area contributed by atoms with Gasteiger partial charge in [-0.25, -0.2) is 8.78 Å². The van der Waals surface area contributed by atoms with Crippen LogP contribution in [-0.4, -0.2) is 19.2 Å². The molecule has 0 radical (unpaired) electrons. The number of nitrogens with one attached hydrogen (secondary N) is 1. The Morgan fingerprint density at radius 1 is 1.50 bits per heavy atom. The maximum absolute atomic E-state index is 13.7. The Hall–Kier alpha value is -0.870. The first kappa shape index (κ1) is 13.6. The minimum absolute atomic E-state index is 0.120. The number of benzene rings is 1. The van der Waals surface area contributed by atoms with Crippen LogP contribution in [0.2, 0.25) is 5.02 Å². The fourth-order valence-electron chi connectivity index (χ4n) is 2.28. The molecule has 0 aliphatic carbocycles. The number of hydrogen-bond acceptors (Lipinski definition) is 2. The summed E-state index contributed by atoms with van der Waals surface area (Å²) in [6.45, 7) is 3.69. The first-order chi connectivity index (χ1) is 8.63. The molecule has 1 aliphatic rings. The first-order valence-electron chi connectivity index (χ1n) is 6.14. The summed E-state index contributed by atoms with van der Waals surface area (Å²) >= 11 is 5.64. The Morgan fingerprint density at radius 3 is 2.89 bits per heavy atom. The monoisotopic (exact) mass is 275 g/mol. The van der Waals surface area contributed by atoms with Gasteiger partial charge in [0.05, 0.1) is 5.02 Å². The number of hydrogen-bond donors (Lipinski definition) is 1. The summed E-state index contributed by atoms with van der Waals surface area (Å²) in [5.74, 6) is -1.60. The first-order valence-corrected chi connectivity index (χ1v) is 6.52. The van der Waals surface area contributed by atoms with Crippen LogP contribution in [0.3, 0.4) is 0 Å². The van der Waals surface area contributed by atoms with Gasteiger partial charge in [0.2, 0.25) is 0 Å². The lowest BCUT2D eigenvalue weighted by Crippen LogP contribution is -2.28. The maximum atomic E-state index is 13.7. The molecule has 1 N–H and O–H groups in total. The van der Waals surface area contributed by atoms with Crippen LogP contribution >= 0.6 is 11.6 Å². The molecule has 1 aromatic carbocycles. The van der Waals surface area contributed by atoms with Crippen LogP contribution in [0.15, 0.2) is 12.1 Å². The largest absolute Gasteiger partial charge is 0.484 e. The zero-order chi connectivity index (χ0) is 13.1. The standard InChI is InChI=1S/C13H16ClF2NO/c1-2-11(8-5-6-17-7-8)18-13-10(15)4-3-9(14)12(13)16/h3-4,8,11,17H,2,5-7H2,1H3/t8?,11-/m0/s1. The summed E-state index contributed by atoms with van der Waals surface area (Å²) in [6, 6.07) is 2.32.